The first-order chi connectivity index (χ1) is 12.6. The smallest absolute Gasteiger partial charge is 0.260 e. The maximum Gasteiger partial charge on any atom is 0.260 e. The number of fused-ring (bicyclic) bond motifs is 1. The van der Waals surface area contributed by atoms with Crippen molar-refractivity contribution in [2.24, 2.45) is 0 Å². The van der Waals surface area contributed by atoms with Crippen LogP contribution in [0.2, 0.25) is 0 Å². The van der Waals surface area contributed by atoms with Crippen LogP contribution < -0.4 is 5.32 Å². The van der Waals surface area contributed by atoms with E-state index in [1.54, 1.807) is 11.0 Å². The highest BCUT2D eigenvalue weighted by Crippen LogP contribution is 2.29. The largest absolute Gasteiger partial charge is 0.472 e. The molecule has 0 bridgehead atoms. The van der Waals surface area contributed by atoms with Crippen molar-refractivity contribution in [2.75, 3.05) is 11.9 Å². The van der Waals surface area contributed by atoms with Gasteiger partial charge in [-0.3, -0.25) is 14.9 Å². The first kappa shape index (κ1) is 16.5. The number of amides is 2. The summed E-state index contributed by atoms with van der Waals surface area (Å²) in [5.41, 5.74) is 1.76. The number of benzene rings is 1. The van der Waals surface area contributed by atoms with Crippen molar-refractivity contribution in [3.8, 4) is 0 Å². The fourth-order valence-electron chi connectivity index (χ4n) is 2.76. The summed E-state index contributed by atoms with van der Waals surface area (Å²) in [6, 6.07) is 7.09. The Morgan fingerprint density at radius 2 is 2.00 bits per heavy atom. The van der Waals surface area contributed by atoms with Gasteiger partial charge in [-0.05, 0) is 30.3 Å². The molecule has 0 atom stereocenters. The Bertz CT molecular complexity index is 951. The average Bonchev–Trinajstić information content (AvgIpc) is 3.30. The molecule has 2 amide bonds. The lowest BCUT2D eigenvalue weighted by Gasteiger charge is -2.26. The van der Waals surface area contributed by atoms with E-state index >= 15 is 0 Å². The van der Waals surface area contributed by atoms with Crippen LogP contribution in [0.4, 0.5) is 9.52 Å². The summed E-state index contributed by atoms with van der Waals surface area (Å²) < 4.78 is 17.9. The number of rotatable bonds is 3. The van der Waals surface area contributed by atoms with Crippen molar-refractivity contribution in [2.45, 2.75) is 13.0 Å². The summed E-state index contributed by atoms with van der Waals surface area (Å²) in [5.74, 6) is -0.805. The van der Waals surface area contributed by atoms with Crippen molar-refractivity contribution in [1.82, 2.24) is 9.88 Å². The summed E-state index contributed by atoms with van der Waals surface area (Å²) >= 11 is 1.35. The van der Waals surface area contributed by atoms with Gasteiger partial charge in [-0.25, -0.2) is 9.37 Å². The molecule has 2 aromatic heterocycles. The minimum atomic E-state index is -0.372. The SMILES string of the molecule is O=C(Nc1nc2c(s1)CN(C(=O)c1ccc(F)cc1)CC2)c1ccoc1. The number of carbonyl (C=O) groups excluding carboxylic acids is 2. The number of anilines is 1. The van der Waals surface area contributed by atoms with Crippen LogP contribution in [-0.2, 0) is 13.0 Å². The first-order valence-electron chi connectivity index (χ1n) is 7.97. The predicted molar refractivity (Wildman–Crippen MR) is 93.6 cm³/mol. The van der Waals surface area contributed by atoms with Gasteiger partial charge in [0, 0.05) is 23.4 Å². The molecule has 3 aromatic rings. The first-order valence-corrected chi connectivity index (χ1v) is 8.79. The van der Waals surface area contributed by atoms with E-state index in [1.165, 1.54) is 48.1 Å². The van der Waals surface area contributed by atoms with Crippen LogP contribution in [0.5, 0.6) is 0 Å². The highest BCUT2D eigenvalue weighted by atomic mass is 32.1. The molecule has 6 nitrogen and oxygen atoms in total. The molecule has 1 aliphatic heterocycles. The summed E-state index contributed by atoms with van der Waals surface area (Å²) in [6.45, 7) is 0.951. The molecule has 0 saturated heterocycles. The lowest BCUT2D eigenvalue weighted by atomic mass is 10.1. The lowest BCUT2D eigenvalue weighted by Crippen LogP contribution is -2.35. The zero-order chi connectivity index (χ0) is 18.1. The predicted octanol–water partition coefficient (Wildman–Crippen LogP) is 3.33. The quantitative estimate of drug-likeness (QED) is 0.766. The Balaban J connectivity index is 1.47. The molecule has 8 heteroatoms. The molecule has 132 valence electrons. The Labute approximate surface area is 152 Å². The topological polar surface area (TPSA) is 75.4 Å². The second-order valence-corrected chi connectivity index (χ2v) is 6.92. The standard InChI is InChI=1S/C18H14FN3O3S/c19-13-3-1-11(2-4-13)17(24)22-7-5-14-15(9-22)26-18(20-14)21-16(23)12-6-8-25-10-12/h1-4,6,8,10H,5,7,9H2,(H,20,21,23). The summed E-state index contributed by atoms with van der Waals surface area (Å²) in [4.78, 5) is 31.7. The molecular weight excluding hydrogens is 357 g/mol. The lowest BCUT2D eigenvalue weighted by molar-refractivity contribution is 0.0736. The van der Waals surface area contributed by atoms with Crippen molar-refractivity contribution in [3.63, 3.8) is 0 Å². The molecule has 0 fully saturated rings. The third-order valence-electron chi connectivity index (χ3n) is 4.11. The van der Waals surface area contributed by atoms with E-state index in [-0.39, 0.29) is 17.6 Å². The number of nitrogens with one attached hydrogen (secondary N) is 1. The Morgan fingerprint density at radius 3 is 2.73 bits per heavy atom. The van der Waals surface area contributed by atoms with Crippen LogP contribution in [-0.4, -0.2) is 28.2 Å². The summed E-state index contributed by atoms with van der Waals surface area (Å²) in [7, 11) is 0. The van der Waals surface area contributed by atoms with Gasteiger partial charge in [-0.15, -0.1) is 0 Å². The Hall–Kier alpha value is -3.00. The third-order valence-corrected chi connectivity index (χ3v) is 5.11. The molecule has 0 unspecified atom stereocenters. The number of halogens is 1. The van der Waals surface area contributed by atoms with Crippen molar-refractivity contribution >= 4 is 28.3 Å². The van der Waals surface area contributed by atoms with E-state index in [0.29, 0.717) is 35.8 Å². The second kappa shape index (κ2) is 6.72. The molecule has 26 heavy (non-hydrogen) atoms. The number of furan rings is 1. The van der Waals surface area contributed by atoms with Crippen LogP contribution >= 0.6 is 11.3 Å². The molecule has 3 heterocycles. The summed E-state index contributed by atoms with van der Waals surface area (Å²) in [5, 5.41) is 3.24. The number of hydrogen-bond donors (Lipinski definition) is 1. The van der Waals surface area contributed by atoms with Crippen LogP contribution in [0, 0.1) is 5.82 Å². The van der Waals surface area contributed by atoms with Crippen molar-refractivity contribution < 1.29 is 18.4 Å². The molecule has 1 aliphatic rings. The molecule has 0 radical (unpaired) electrons. The maximum absolute atomic E-state index is 13.0. The normalized spacial score (nSPS) is 13.3. The highest BCUT2D eigenvalue weighted by molar-refractivity contribution is 7.15. The number of nitrogens with zero attached hydrogens (tertiary/aromatic N) is 2. The molecule has 4 rings (SSSR count). The number of carbonyl (C=O) groups is 2. The molecule has 0 aliphatic carbocycles. The molecule has 0 spiro atoms. The van der Waals surface area contributed by atoms with Gasteiger partial charge in [0.1, 0.15) is 12.1 Å². The van der Waals surface area contributed by atoms with Crippen LogP contribution in [0.3, 0.4) is 0 Å². The zero-order valence-corrected chi connectivity index (χ0v) is 14.4. The minimum absolute atomic E-state index is 0.145. The van der Waals surface area contributed by atoms with Crippen molar-refractivity contribution in [3.05, 3.63) is 70.4 Å². The van der Waals surface area contributed by atoms with Crippen molar-refractivity contribution in [1.29, 1.82) is 0 Å². The van der Waals surface area contributed by atoms with Gasteiger partial charge < -0.3 is 9.32 Å². The fraction of sp³-hybridized carbons (Fsp3) is 0.167. The molecule has 1 N–H and O–H groups in total. The van der Waals surface area contributed by atoms with E-state index in [4.69, 9.17) is 4.42 Å². The van der Waals surface area contributed by atoms with Gasteiger partial charge in [-0.1, -0.05) is 11.3 Å². The van der Waals surface area contributed by atoms with E-state index < -0.39 is 0 Å². The van der Waals surface area contributed by atoms with Gasteiger partial charge in [0.2, 0.25) is 0 Å². The fourth-order valence-corrected chi connectivity index (χ4v) is 3.78. The number of hydrogen-bond acceptors (Lipinski definition) is 5. The Kier molecular flexibility index (Phi) is 4.26. The number of aromatic nitrogens is 1. The van der Waals surface area contributed by atoms with Crippen LogP contribution in [0.25, 0.3) is 0 Å². The average molecular weight is 371 g/mol. The zero-order valence-electron chi connectivity index (χ0n) is 13.6. The van der Waals surface area contributed by atoms with Gasteiger partial charge >= 0.3 is 0 Å². The van der Waals surface area contributed by atoms with Gasteiger partial charge in [0.05, 0.1) is 24.1 Å². The third kappa shape index (κ3) is 3.23. The Morgan fingerprint density at radius 1 is 1.19 bits per heavy atom. The van der Waals surface area contributed by atoms with E-state index in [2.05, 4.69) is 10.3 Å². The maximum atomic E-state index is 13.0. The van der Waals surface area contributed by atoms with E-state index in [1.807, 2.05) is 0 Å². The minimum Gasteiger partial charge on any atom is -0.472 e. The molecule has 1 aromatic carbocycles. The summed E-state index contributed by atoms with van der Waals surface area (Å²) in [6.07, 6.45) is 3.41. The van der Waals surface area contributed by atoms with Gasteiger partial charge in [-0.2, -0.15) is 0 Å². The van der Waals surface area contributed by atoms with E-state index in [0.717, 1.165) is 10.6 Å². The van der Waals surface area contributed by atoms with Gasteiger partial charge in [0.15, 0.2) is 5.13 Å². The van der Waals surface area contributed by atoms with Crippen LogP contribution in [0.1, 0.15) is 31.3 Å². The highest BCUT2D eigenvalue weighted by Gasteiger charge is 2.25. The number of thiazole rings is 1. The monoisotopic (exact) mass is 371 g/mol. The van der Waals surface area contributed by atoms with Gasteiger partial charge in [0.25, 0.3) is 11.8 Å². The van der Waals surface area contributed by atoms with Crippen LogP contribution in [0.15, 0.2) is 47.3 Å². The second-order valence-electron chi connectivity index (χ2n) is 5.84. The molecule has 0 saturated carbocycles. The van der Waals surface area contributed by atoms with E-state index in [9.17, 15) is 14.0 Å². The molecular formula is C18H14FN3O3S.